The number of hydrogen-bond acceptors (Lipinski definition) is 3. The number of hydrogen-bond donors (Lipinski definition) is 0. The summed E-state index contributed by atoms with van der Waals surface area (Å²) in [5.74, 6) is -0.817. The molecule has 0 aliphatic heterocycles. The third kappa shape index (κ3) is 2.48. The van der Waals surface area contributed by atoms with Crippen LogP contribution < -0.4 is 0 Å². The van der Waals surface area contributed by atoms with Crippen LogP contribution in [0.5, 0.6) is 0 Å². The molecule has 0 bridgehead atoms. The van der Waals surface area contributed by atoms with Crippen molar-refractivity contribution in [2.24, 2.45) is 0 Å². The second-order valence-electron chi connectivity index (χ2n) is 4.59. The van der Waals surface area contributed by atoms with Crippen molar-refractivity contribution in [3.8, 4) is 22.5 Å². The minimum Gasteiger partial charge on any atom is -0.298 e. The van der Waals surface area contributed by atoms with E-state index in [-0.39, 0.29) is 22.5 Å². The highest BCUT2D eigenvalue weighted by Gasteiger charge is 2.17. The molecule has 0 aliphatic rings. The zero-order valence-electron chi connectivity index (χ0n) is 11.3. The van der Waals surface area contributed by atoms with Gasteiger partial charge in [-0.3, -0.25) is 4.79 Å². The van der Waals surface area contributed by atoms with Crippen LogP contribution in [-0.2, 0) is 0 Å². The molecule has 0 radical (unpaired) electrons. The lowest BCUT2D eigenvalue weighted by Crippen LogP contribution is -1.98. The second-order valence-corrected chi connectivity index (χ2v) is 4.59. The van der Waals surface area contributed by atoms with E-state index in [9.17, 15) is 13.6 Å². The molecule has 0 amide bonds. The molecule has 3 nitrogen and oxygen atoms in total. The normalized spacial score (nSPS) is 10.5. The molecule has 1 aromatic heterocycles. The molecule has 0 spiro atoms. The van der Waals surface area contributed by atoms with Gasteiger partial charge in [-0.15, -0.1) is 0 Å². The van der Waals surface area contributed by atoms with Crippen LogP contribution in [0.15, 0.2) is 54.9 Å². The largest absolute Gasteiger partial charge is 0.298 e. The molecule has 0 aliphatic carbocycles. The summed E-state index contributed by atoms with van der Waals surface area (Å²) >= 11 is 0. The molecule has 0 N–H and O–H groups in total. The van der Waals surface area contributed by atoms with Gasteiger partial charge in [0.05, 0.1) is 5.56 Å². The van der Waals surface area contributed by atoms with Gasteiger partial charge in [0.15, 0.2) is 12.1 Å². The summed E-state index contributed by atoms with van der Waals surface area (Å²) < 4.78 is 27.9. The van der Waals surface area contributed by atoms with Crippen LogP contribution in [0.25, 0.3) is 22.5 Å². The minimum atomic E-state index is -0.609. The zero-order chi connectivity index (χ0) is 15.5. The van der Waals surface area contributed by atoms with Gasteiger partial charge in [0.2, 0.25) is 0 Å². The molecule has 0 saturated heterocycles. The van der Waals surface area contributed by atoms with Crippen molar-refractivity contribution >= 4 is 6.29 Å². The first-order valence-electron chi connectivity index (χ1n) is 6.51. The Morgan fingerprint density at radius 3 is 2.23 bits per heavy atom. The molecule has 3 rings (SSSR count). The number of benzene rings is 2. The van der Waals surface area contributed by atoms with E-state index in [4.69, 9.17) is 0 Å². The van der Waals surface area contributed by atoms with Crippen LogP contribution in [0.4, 0.5) is 8.78 Å². The van der Waals surface area contributed by atoms with E-state index in [2.05, 4.69) is 9.97 Å². The van der Waals surface area contributed by atoms with Crippen molar-refractivity contribution in [3.05, 3.63) is 72.1 Å². The minimum absolute atomic E-state index is 0.111. The summed E-state index contributed by atoms with van der Waals surface area (Å²) in [7, 11) is 0. The molecule has 108 valence electrons. The standard InChI is InChI=1S/C17H10F2N2O/c18-13-5-2-11(3-6-13)15-12(10-22)4-7-14(16(15)19)17-20-8-1-9-21-17/h1-10H. The van der Waals surface area contributed by atoms with Gasteiger partial charge in [-0.05, 0) is 29.8 Å². The summed E-state index contributed by atoms with van der Waals surface area (Å²) in [6, 6.07) is 9.88. The number of aromatic nitrogens is 2. The number of carbonyl (C=O) groups is 1. The van der Waals surface area contributed by atoms with Crippen molar-refractivity contribution in [1.82, 2.24) is 9.97 Å². The van der Waals surface area contributed by atoms with Gasteiger partial charge < -0.3 is 0 Å². The number of halogens is 2. The number of aldehydes is 1. The first-order chi connectivity index (χ1) is 10.7. The fourth-order valence-corrected chi connectivity index (χ4v) is 2.21. The lowest BCUT2D eigenvalue weighted by molar-refractivity contribution is 0.112. The number of rotatable bonds is 3. The van der Waals surface area contributed by atoms with E-state index >= 15 is 0 Å². The Bertz CT molecular complexity index is 818. The smallest absolute Gasteiger partial charge is 0.162 e. The monoisotopic (exact) mass is 296 g/mol. The molecule has 3 aromatic rings. The fraction of sp³-hybridized carbons (Fsp3) is 0. The van der Waals surface area contributed by atoms with Crippen LogP contribution in [0.1, 0.15) is 10.4 Å². The van der Waals surface area contributed by atoms with E-state index in [1.54, 1.807) is 6.07 Å². The summed E-state index contributed by atoms with van der Waals surface area (Å²) in [6.07, 6.45) is 3.58. The topological polar surface area (TPSA) is 42.9 Å². The van der Waals surface area contributed by atoms with Gasteiger partial charge >= 0.3 is 0 Å². The maximum atomic E-state index is 14.9. The molecule has 0 atom stereocenters. The molecule has 5 heteroatoms. The van der Waals surface area contributed by atoms with Crippen molar-refractivity contribution in [1.29, 1.82) is 0 Å². The van der Waals surface area contributed by atoms with E-state index in [0.29, 0.717) is 11.8 Å². The molecule has 1 heterocycles. The third-order valence-electron chi connectivity index (χ3n) is 3.24. The Morgan fingerprint density at radius 2 is 1.59 bits per heavy atom. The first kappa shape index (κ1) is 14.0. The van der Waals surface area contributed by atoms with Gasteiger partial charge in [0.25, 0.3) is 0 Å². The van der Waals surface area contributed by atoms with Crippen LogP contribution in [0.2, 0.25) is 0 Å². The Hall–Kier alpha value is -2.95. The van der Waals surface area contributed by atoms with E-state index in [1.165, 1.54) is 48.8 Å². The average Bonchev–Trinajstić information content (AvgIpc) is 2.56. The van der Waals surface area contributed by atoms with Gasteiger partial charge in [0.1, 0.15) is 11.6 Å². The molecule has 22 heavy (non-hydrogen) atoms. The Kier molecular flexibility index (Phi) is 3.70. The predicted octanol–water partition coefficient (Wildman–Crippen LogP) is 3.90. The molecule has 0 saturated carbocycles. The van der Waals surface area contributed by atoms with Crippen LogP contribution in [0, 0.1) is 11.6 Å². The molecule has 2 aromatic carbocycles. The highest BCUT2D eigenvalue weighted by molar-refractivity contribution is 5.90. The van der Waals surface area contributed by atoms with Crippen molar-refractivity contribution < 1.29 is 13.6 Å². The van der Waals surface area contributed by atoms with E-state index < -0.39 is 11.6 Å². The van der Waals surface area contributed by atoms with Gasteiger partial charge in [-0.25, -0.2) is 18.7 Å². The van der Waals surface area contributed by atoms with Crippen molar-refractivity contribution in [2.45, 2.75) is 0 Å². The SMILES string of the molecule is O=Cc1ccc(-c2ncccn2)c(F)c1-c1ccc(F)cc1. The summed E-state index contributed by atoms with van der Waals surface area (Å²) in [4.78, 5) is 19.2. The van der Waals surface area contributed by atoms with Gasteiger partial charge in [0, 0.05) is 23.5 Å². The quantitative estimate of drug-likeness (QED) is 0.688. The molecular weight excluding hydrogens is 286 g/mol. The summed E-state index contributed by atoms with van der Waals surface area (Å²) in [6.45, 7) is 0. The Labute approximate surface area is 125 Å². The van der Waals surface area contributed by atoms with E-state index in [1.807, 2.05) is 0 Å². The molecule has 0 fully saturated rings. The Balaban J connectivity index is 2.24. The molecular formula is C17H10F2N2O. The Morgan fingerprint density at radius 1 is 0.909 bits per heavy atom. The fourth-order valence-electron chi connectivity index (χ4n) is 2.21. The summed E-state index contributed by atoms with van der Waals surface area (Å²) in [5, 5.41) is 0. The maximum absolute atomic E-state index is 14.9. The first-order valence-corrected chi connectivity index (χ1v) is 6.51. The van der Waals surface area contributed by atoms with Crippen LogP contribution in [0.3, 0.4) is 0 Å². The summed E-state index contributed by atoms with van der Waals surface area (Å²) in [5.41, 5.74) is 0.896. The maximum Gasteiger partial charge on any atom is 0.162 e. The van der Waals surface area contributed by atoms with Gasteiger partial charge in [-0.1, -0.05) is 18.2 Å². The molecule has 0 unspecified atom stereocenters. The highest BCUT2D eigenvalue weighted by Crippen LogP contribution is 2.32. The second kappa shape index (κ2) is 5.81. The van der Waals surface area contributed by atoms with Crippen molar-refractivity contribution in [3.63, 3.8) is 0 Å². The van der Waals surface area contributed by atoms with E-state index in [0.717, 1.165) is 0 Å². The van der Waals surface area contributed by atoms with Crippen LogP contribution >= 0.6 is 0 Å². The van der Waals surface area contributed by atoms with Crippen molar-refractivity contribution in [2.75, 3.05) is 0 Å². The highest BCUT2D eigenvalue weighted by atomic mass is 19.1. The number of carbonyl (C=O) groups excluding carboxylic acids is 1. The van der Waals surface area contributed by atoms with Crippen LogP contribution in [-0.4, -0.2) is 16.3 Å². The van der Waals surface area contributed by atoms with Gasteiger partial charge in [-0.2, -0.15) is 0 Å². The lowest BCUT2D eigenvalue weighted by Gasteiger charge is -2.10. The average molecular weight is 296 g/mol. The zero-order valence-corrected chi connectivity index (χ0v) is 11.3. The number of nitrogens with zero attached hydrogens (tertiary/aromatic N) is 2. The lowest BCUT2D eigenvalue weighted by atomic mass is 9.96. The predicted molar refractivity (Wildman–Crippen MR) is 78.2 cm³/mol. The third-order valence-corrected chi connectivity index (χ3v) is 3.24.